The zero-order valence-corrected chi connectivity index (χ0v) is 34.4. The van der Waals surface area contributed by atoms with Crippen molar-refractivity contribution in [1.29, 1.82) is 0 Å². The van der Waals surface area contributed by atoms with E-state index in [1.807, 2.05) is 30.5 Å². The van der Waals surface area contributed by atoms with Gasteiger partial charge in [0.15, 0.2) is 17.5 Å². The number of hydrogen-bond donors (Lipinski definition) is 0. The molecule has 0 amide bonds. The normalized spacial score (nSPS) is 11.8. The summed E-state index contributed by atoms with van der Waals surface area (Å²) in [6.45, 7) is 0. The van der Waals surface area contributed by atoms with E-state index >= 15 is 0 Å². The van der Waals surface area contributed by atoms with Gasteiger partial charge < -0.3 is 8.98 Å². The number of rotatable bonds is 6. The summed E-state index contributed by atoms with van der Waals surface area (Å²) in [5, 5.41) is 9.11. The van der Waals surface area contributed by atoms with Crippen LogP contribution in [-0.4, -0.2) is 24.5 Å². The fourth-order valence-corrected chi connectivity index (χ4v) is 9.42. The maximum atomic E-state index is 6.49. The molecule has 0 saturated carbocycles. The summed E-state index contributed by atoms with van der Waals surface area (Å²) in [7, 11) is 0. The summed E-state index contributed by atoms with van der Waals surface area (Å²) in [5.41, 5.74) is 11.8. The van der Waals surface area contributed by atoms with E-state index in [1.165, 1.54) is 32.6 Å². The average Bonchev–Trinajstić information content (AvgIpc) is 3.91. The Kier molecular flexibility index (Phi) is 8.11. The first-order valence-corrected chi connectivity index (χ1v) is 21.4. The maximum Gasteiger partial charge on any atom is 0.169 e. The molecular formula is C58H35N5O. The molecule has 0 aliphatic heterocycles. The summed E-state index contributed by atoms with van der Waals surface area (Å²) in [6, 6.07) is 70.5. The van der Waals surface area contributed by atoms with Gasteiger partial charge in [0.05, 0.1) is 16.6 Å². The topological polar surface area (TPSA) is 69.6 Å². The van der Waals surface area contributed by atoms with Gasteiger partial charge in [-0.1, -0.05) is 152 Å². The zero-order valence-electron chi connectivity index (χ0n) is 34.4. The quantitative estimate of drug-likeness (QED) is 0.167. The Labute approximate surface area is 367 Å². The molecule has 0 spiro atoms. The summed E-state index contributed by atoms with van der Waals surface area (Å²) in [5.74, 6) is 1.61. The Morgan fingerprint density at radius 1 is 0.344 bits per heavy atom. The smallest absolute Gasteiger partial charge is 0.169 e. The summed E-state index contributed by atoms with van der Waals surface area (Å²) >= 11 is 0. The van der Waals surface area contributed by atoms with E-state index in [1.54, 1.807) is 6.20 Å². The van der Waals surface area contributed by atoms with E-state index in [-0.39, 0.29) is 0 Å². The molecule has 0 atom stereocenters. The minimum absolute atomic E-state index is 0.488. The Balaban J connectivity index is 0.951. The minimum Gasteiger partial charge on any atom is -0.455 e. The second-order valence-electron chi connectivity index (χ2n) is 16.3. The molecule has 0 aliphatic carbocycles. The molecule has 0 unspecified atom stereocenters. The fourth-order valence-electron chi connectivity index (χ4n) is 9.42. The number of nitrogens with zero attached hydrogens (tertiary/aromatic N) is 5. The largest absolute Gasteiger partial charge is 0.455 e. The van der Waals surface area contributed by atoms with Gasteiger partial charge in [-0.2, -0.15) is 0 Å². The number of hydrogen-bond acceptors (Lipinski definition) is 5. The third kappa shape index (κ3) is 5.88. The highest BCUT2D eigenvalue weighted by molar-refractivity contribution is 6.14. The number of benzene rings is 9. The van der Waals surface area contributed by atoms with Gasteiger partial charge in [-0.05, 0) is 92.3 Å². The Bertz CT molecular complexity index is 3960. The fraction of sp³-hybridized carbons (Fsp3) is 0. The van der Waals surface area contributed by atoms with Crippen molar-refractivity contribution in [2.75, 3.05) is 0 Å². The van der Waals surface area contributed by atoms with Gasteiger partial charge in [0.25, 0.3) is 0 Å². The molecule has 0 saturated heterocycles. The summed E-state index contributed by atoms with van der Waals surface area (Å²) in [6.07, 6.45) is 3.64. The highest BCUT2D eigenvalue weighted by atomic mass is 16.3. The van der Waals surface area contributed by atoms with Crippen LogP contribution in [0.15, 0.2) is 217 Å². The Morgan fingerprint density at radius 2 is 1.00 bits per heavy atom. The van der Waals surface area contributed by atoms with E-state index in [2.05, 4.69) is 185 Å². The maximum absolute atomic E-state index is 6.49. The predicted molar refractivity (Wildman–Crippen MR) is 261 cm³/mol. The Hall–Kier alpha value is -8.74. The number of aromatic nitrogens is 5. The van der Waals surface area contributed by atoms with Crippen molar-refractivity contribution in [1.82, 2.24) is 24.5 Å². The van der Waals surface area contributed by atoms with Gasteiger partial charge in [-0.15, -0.1) is 0 Å². The molecule has 13 rings (SSSR count). The molecule has 0 fully saturated rings. The van der Waals surface area contributed by atoms with Crippen molar-refractivity contribution in [3.8, 4) is 62.1 Å². The molecule has 298 valence electrons. The minimum atomic E-state index is 0.488. The molecule has 9 aromatic carbocycles. The van der Waals surface area contributed by atoms with Gasteiger partial charge in [0.1, 0.15) is 11.2 Å². The van der Waals surface area contributed by atoms with Crippen molar-refractivity contribution >= 4 is 65.3 Å². The standard InChI is InChI=1S/C58H35N5O/c1-2-13-37(14-3-1)48-32-43(29-42-17-6-7-20-45(42)48)57-60-56(61-58(62-57)51-35-59-34-50-47-22-9-11-24-54(47)64-55(50)51)38-27-25-36(26-28-38)39-18-12-19-44(30-39)63-52-23-10-8-21-46(52)49-31-40-15-4-5-16-41(40)33-53(49)63/h1-35H. The SMILES string of the molecule is c1ccc(-c2cc(-c3nc(-c4ccc(-c5cccc(-n6c7ccccc7c7cc8ccccc8cc76)c5)cc4)nc(-c4cncc5c4oc4ccccc45)n3)cc3ccccc23)cc1. The first-order valence-electron chi connectivity index (χ1n) is 21.4. The van der Waals surface area contributed by atoms with Crippen LogP contribution in [0.3, 0.4) is 0 Å². The molecule has 6 nitrogen and oxygen atoms in total. The van der Waals surface area contributed by atoms with Gasteiger partial charge in [-0.25, -0.2) is 15.0 Å². The van der Waals surface area contributed by atoms with Gasteiger partial charge in [0.2, 0.25) is 0 Å². The molecular weight excluding hydrogens is 783 g/mol. The van der Waals surface area contributed by atoms with Crippen LogP contribution in [0, 0.1) is 0 Å². The van der Waals surface area contributed by atoms with Crippen LogP contribution in [0.2, 0.25) is 0 Å². The molecule has 0 bridgehead atoms. The van der Waals surface area contributed by atoms with E-state index in [0.717, 1.165) is 66.2 Å². The highest BCUT2D eigenvalue weighted by Gasteiger charge is 2.20. The summed E-state index contributed by atoms with van der Waals surface area (Å²) < 4.78 is 8.87. The zero-order chi connectivity index (χ0) is 42.1. The Morgan fingerprint density at radius 3 is 1.84 bits per heavy atom. The molecule has 6 heteroatoms. The van der Waals surface area contributed by atoms with Crippen LogP contribution < -0.4 is 0 Å². The van der Waals surface area contributed by atoms with Gasteiger partial charge in [0, 0.05) is 50.8 Å². The van der Waals surface area contributed by atoms with Crippen molar-refractivity contribution in [3.63, 3.8) is 0 Å². The van der Waals surface area contributed by atoms with Crippen LogP contribution >= 0.6 is 0 Å². The van der Waals surface area contributed by atoms with E-state index < -0.39 is 0 Å². The molecule has 0 aliphatic rings. The van der Waals surface area contributed by atoms with Gasteiger partial charge >= 0.3 is 0 Å². The summed E-state index contributed by atoms with van der Waals surface area (Å²) in [4.78, 5) is 20.2. The van der Waals surface area contributed by atoms with Crippen molar-refractivity contribution in [2.24, 2.45) is 0 Å². The highest BCUT2D eigenvalue weighted by Crippen LogP contribution is 2.39. The van der Waals surface area contributed by atoms with E-state index in [4.69, 9.17) is 19.4 Å². The molecule has 64 heavy (non-hydrogen) atoms. The van der Waals surface area contributed by atoms with Crippen LogP contribution in [-0.2, 0) is 0 Å². The van der Waals surface area contributed by atoms with Crippen LogP contribution in [0.1, 0.15) is 0 Å². The van der Waals surface area contributed by atoms with E-state index in [9.17, 15) is 0 Å². The van der Waals surface area contributed by atoms with Crippen LogP contribution in [0.5, 0.6) is 0 Å². The van der Waals surface area contributed by atoms with Gasteiger partial charge in [-0.3, -0.25) is 4.98 Å². The molecule has 4 aromatic heterocycles. The van der Waals surface area contributed by atoms with Crippen LogP contribution in [0.4, 0.5) is 0 Å². The first-order chi connectivity index (χ1) is 31.7. The van der Waals surface area contributed by atoms with Crippen molar-refractivity contribution < 1.29 is 4.42 Å². The third-order valence-electron chi connectivity index (χ3n) is 12.5. The lowest BCUT2D eigenvalue weighted by atomic mass is 9.95. The molecule has 0 radical (unpaired) electrons. The average molecular weight is 818 g/mol. The van der Waals surface area contributed by atoms with Crippen molar-refractivity contribution in [2.45, 2.75) is 0 Å². The monoisotopic (exact) mass is 817 g/mol. The molecule has 4 heterocycles. The number of fused-ring (bicyclic) bond motifs is 8. The van der Waals surface area contributed by atoms with Crippen molar-refractivity contribution in [3.05, 3.63) is 213 Å². The number of furan rings is 1. The molecule has 0 N–H and O–H groups in total. The second-order valence-corrected chi connectivity index (χ2v) is 16.3. The first kappa shape index (κ1) is 36.0. The second kappa shape index (κ2) is 14.4. The lowest BCUT2D eigenvalue weighted by Crippen LogP contribution is -2.01. The number of pyridine rings is 1. The molecule has 13 aromatic rings. The lowest BCUT2D eigenvalue weighted by Gasteiger charge is -2.13. The van der Waals surface area contributed by atoms with Crippen LogP contribution in [0.25, 0.3) is 127 Å². The third-order valence-corrected chi connectivity index (χ3v) is 12.5. The lowest BCUT2D eigenvalue weighted by molar-refractivity contribution is 0.669. The number of para-hydroxylation sites is 2. The predicted octanol–water partition coefficient (Wildman–Crippen LogP) is 14.9. The van der Waals surface area contributed by atoms with E-state index in [0.29, 0.717) is 28.6 Å².